The minimum absolute atomic E-state index is 0.395. The van der Waals surface area contributed by atoms with Crippen molar-refractivity contribution in [2.45, 2.75) is 25.2 Å². The van der Waals surface area contributed by atoms with Crippen molar-refractivity contribution in [2.75, 3.05) is 18.8 Å². The standard InChI is InChI=1S/C16H18BrN5/c17-13-14(11-6-3-7-19-8-11)21-16-12(10-4-1-2-5-10)9-20-22(16)15(13)18/h1,4-5,9,11,19H,2-3,6-8,18H2. The fourth-order valence-corrected chi connectivity index (χ4v) is 3.81. The minimum atomic E-state index is 0.395. The average Bonchev–Trinajstić information content (AvgIpc) is 3.20. The molecule has 2 aromatic heterocycles. The molecule has 114 valence electrons. The van der Waals surface area contributed by atoms with Crippen molar-refractivity contribution in [3.8, 4) is 0 Å². The molecule has 1 unspecified atom stereocenters. The smallest absolute Gasteiger partial charge is 0.165 e. The normalized spacial score (nSPS) is 21.5. The van der Waals surface area contributed by atoms with Crippen LogP contribution >= 0.6 is 15.9 Å². The largest absolute Gasteiger partial charge is 0.383 e. The average molecular weight is 360 g/mol. The van der Waals surface area contributed by atoms with Crippen LogP contribution in [0.2, 0.25) is 0 Å². The lowest BCUT2D eigenvalue weighted by Gasteiger charge is -2.23. The van der Waals surface area contributed by atoms with Crippen LogP contribution in [-0.2, 0) is 0 Å². The Kier molecular flexibility index (Phi) is 3.50. The highest BCUT2D eigenvalue weighted by atomic mass is 79.9. The molecule has 0 spiro atoms. The summed E-state index contributed by atoms with van der Waals surface area (Å²) in [4.78, 5) is 4.92. The van der Waals surface area contributed by atoms with Crippen molar-refractivity contribution in [3.63, 3.8) is 0 Å². The van der Waals surface area contributed by atoms with E-state index in [1.807, 2.05) is 6.20 Å². The Morgan fingerprint density at radius 1 is 1.41 bits per heavy atom. The van der Waals surface area contributed by atoms with Gasteiger partial charge in [-0.2, -0.15) is 9.61 Å². The fourth-order valence-electron chi connectivity index (χ4n) is 3.23. The Morgan fingerprint density at radius 2 is 2.32 bits per heavy atom. The van der Waals surface area contributed by atoms with E-state index in [0.29, 0.717) is 11.7 Å². The third kappa shape index (κ3) is 2.18. The molecule has 3 N–H and O–H groups in total. The topological polar surface area (TPSA) is 68.2 Å². The van der Waals surface area contributed by atoms with E-state index in [9.17, 15) is 0 Å². The zero-order chi connectivity index (χ0) is 15.1. The van der Waals surface area contributed by atoms with Crippen LogP contribution < -0.4 is 11.1 Å². The van der Waals surface area contributed by atoms with Gasteiger partial charge in [-0.3, -0.25) is 0 Å². The van der Waals surface area contributed by atoms with Crippen LogP contribution in [0.3, 0.4) is 0 Å². The molecule has 2 aromatic rings. The van der Waals surface area contributed by atoms with Gasteiger partial charge in [0, 0.05) is 18.0 Å². The SMILES string of the molecule is Nc1c(Br)c(C2CCCNC2)nc2c(C3=CCC=C3)cnn12. The van der Waals surface area contributed by atoms with Crippen LogP contribution in [-0.4, -0.2) is 27.7 Å². The van der Waals surface area contributed by atoms with E-state index in [1.165, 1.54) is 12.0 Å². The zero-order valence-corrected chi connectivity index (χ0v) is 13.8. The highest BCUT2D eigenvalue weighted by molar-refractivity contribution is 9.10. The Morgan fingerprint density at radius 3 is 3.05 bits per heavy atom. The maximum Gasteiger partial charge on any atom is 0.165 e. The summed E-state index contributed by atoms with van der Waals surface area (Å²) in [5, 5.41) is 7.86. The van der Waals surface area contributed by atoms with Crippen LogP contribution in [0.1, 0.15) is 36.4 Å². The first-order valence-corrected chi connectivity index (χ1v) is 8.45. The second kappa shape index (κ2) is 5.52. The second-order valence-electron chi connectivity index (χ2n) is 5.83. The third-order valence-corrected chi connectivity index (χ3v) is 5.23. The lowest BCUT2D eigenvalue weighted by Crippen LogP contribution is -2.29. The van der Waals surface area contributed by atoms with Gasteiger partial charge in [0.25, 0.3) is 0 Å². The lowest BCUT2D eigenvalue weighted by atomic mass is 9.96. The summed E-state index contributed by atoms with van der Waals surface area (Å²) in [7, 11) is 0. The summed E-state index contributed by atoms with van der Waals surface area (Å²) < 4.78 is 2.60. The molecule has 22 heavy (non-hydrogen) atoms. The van der Waals surface area contributed by atoms with Crippen molar-refractivity contribution in [3.05, 3.63) is 40.2 Å². The number of nitrogens with zero attached hydrogens (tertiary/aromatic N) is 3. The molecule has 2 aliphatic rings. The van der Waals surface area contributed by atoms with Gasteiger partial charge in [-0.1, -0.05) is 18.2 Å². The van der Waals surface area contributed by atoms with Gasteiger partial charge >= 0.3 is 0 Å². The zero-order valence-electron chi connectivity index (χ0n) is 12.2. The molecule has 1 aliphatic carbocycles. The Bertz CT molecular complexity index is 783. The Labute approximate surface area is 137 Å². The van der Waals surface area contributed by atoms with Crippen LogP contribution in [0.5, 0.6) is 0 Å². The highest BCUT2D eigenvalue weighted by Crippen LogP contribution is 2.34. The van der Waals surface area contributed by atoms with E-state index < -0.39 is 0 Å². The quantitative estimate of drug-likeness (QED) is 0.864. The first-order chi connectivity index (χ1) is 10.8. The van der Waals surface area contributed by atoms with Crippen LogP contribution in [0.25, 0.3) is 11.2 Å². The molecule has 0 radical (unpaired) electrons. The number of halogens is 1. The maximum atomic E-state index is 6.29. The number of nitrogen functional groups attached to an aromatic ring is 1. The van der Waals surface area contributed by atoms with Gasteiger partial charge in [0.2, 0.25) is 0 Å². The first-order valence-electron chi connectivity index (χ1n) is 7.66. The summed E-state index contributed by atoms with van der Waals surface area (Å²) in [5.74, 6) is 1.02. The molecule has 0 bridgehead atoms. The van der Waals surface area contributed by atoms with Crippen molar-refractivity contribution in [1.82, 2.24) is 19.9 Å². The molecule has 0 saturated carbocycles. The van der Waals surface area contributed by atoms with E-state index in [0.717, 1.165) is 47.3 Å². The molecule has 5 nitrogen and oxygen atoms in total. The van der Waals surface area contributed by atoms with Crippen LogP contribution in [0.15, 0.2) is 28.9 Å². The fraction of sp³-hybridized carbons (Fsp3) is 0.375. The number of allylic oxidation sites excluding steroid dienone is 4. The van der Waals surface area contributed by atoms with E-state index in [1.54, 1.807) is 4.52 Å². The van der Waals surface area contributed by atoms with Gasteiger partial charge in [-0.05, 0) is 47.3 Å². The molecule has 1 atom stereocenters. The highest BCUT2D eigenvalue weighted by Gasteiger charge is 2.24. The lowest BCUT2D eigenvalue weighted by molar-refractivity contribution is 0.453. The molecule has 6 heteroatoms. The predicted molar refractivity (Wildman–Crippen MR) is 91.7 cm³/mol. The van der Waals surface area contributed by atoms with Gasteiger partial charge < -0.3 is 11.1 Å². The molecule has 0 amide bonds. The molecular formula is C16H18BrN5. The van der Waals surface area contributed by atoms with Gasteiger partial charge in [-0.15, -0.1) is 0 Å². The van der Waals surface area contributed by atoms with Gasteiger partial charge in [0.15, 0.2) is 5.65 Å². The second-order valence-corrected chi connectivity index (χ2v) is 6.62. The molecule has 4 rings (SSSR count). The number of rotatable bonds is 2. The molecule has 3 heterocycles. The third-order valence-electron chi connectivity index (χ3n) is 4.41. The molecule has 0 aromatic carbocycles. The van der Waals surface area contributed by atoms with E-state index in [2.05, 4.69) is 44.6 Å². The summed E-state index contributed by atoms with van der Waals surface area (Å²) >= 11 is 3.62. The summed E-state index contributed by atoms with van der Waals surface area (Å²) in [6.45, 7) is 2.04. The molecule has 1 fully saturated rings. The monoisotopic (exact) mass is 359 g/mol. The number of fused-ring (bicyclic) bond motifs is 1. The van der Waals surface area contributed by atoms with Gasteiger partial charge in [-0.25, -0.2) is 4.98 Å². The Hall–Kier alpha value is -1.66. The van der Waals surface area contributed by atoms with E-state index in [-0.39, 0.29) is 0 Å². The van der Waals surface area contributed by atoms with Crippen molar-refractivity contribution in [1.29, 1.82) is 0 Å². The molecule has 1 saturated heterocycles. The predicted octanol–water partition coefficient (Wildman–Crippen LogP) is 2.88. The number of nitrogens with two attached hydrogens (primary N) is 1. The number of piperidine rings is 1. The van der Waals surface area contributed by atoms with Crippen LogP contribution in [0, 0.1) is 0 Å². The summed E-state index contributed by atoms with van der Waals surface area (Å²) in [6, 6.07) is 0. The van der Waals surface area contributed by atoms with E-state index >= 15 is 0 Å². The van der Waals surface area contributed by atoms with Crippen molar-refractivity contribution in [2.24, 2.45) is 0 Å². The number of hydrogen-bond donors (Lipinski definition) is 2. The summed E-state index contributed by atoms with van der Waals surface area (Å²) in [5.41, 5.74) is 10.4. The number of aromatic nitrogens is 3. The summed E-state index contributed by atoms with van der Waals surface area (Å²) in [6.07, 6.45) is 11.6. The number of hydrogen-bond acceptors (Lipinski definition) is 4. The Balaban J connectivity index is 1.88. The minimum Gasteiger partial charge on any atom is -0.383 e. The molecular weight excluding hydrogens is 342 g/mol. The molecule has 1 aliphatic heterocycles. The number of nitrogens with one attached hydrogen (secondary N) is 1. The first kappa shape index (κ1) is 14.0. The van der Waals surface area contributed by atoms with Gasteiger partial charge in [0.1, 0.15) is 5.82 Å². The number of anilines is 1. The van der Waals surface area contributed by atoms with Crippen molar-refractivity contribution >= 4 is 33.0 Å². The maximum absolute atomic E-state index is 6.29. The van der Waals surface area contributed by atoms with Crippen LogP contribution in [0.4, 0.5) is 5.82 Å². The van der Waals surface area contributed by atoms with Crippen molar-refractivity contribution < 1.29 is 0 Å². The van der Waals surface area contributed by atoms with E-state index in [4.69, 9.17) is 10.7 Å². The van der Waals surface area contributed by atoms with Gasteiger partial charge in [0.05, 0.1) is 16.4 Å².